The molecule has 11 heteroatoms. The van der Waals surface area contributed by atoms with E-state index >= 15 is 8.78 Å². The third-order valence-electron chi connectivity index (χ3n) is 6.71. The van der Waals surface area contributed by atoms with Crippen LogP contribution in [0.25, 0.3) is 22.6 Å². The van der Waals surface area contributed by atoms with Crippen LogP contribution in [0.4, 0.5) is 24.8 Å². The first-order valence-electron chi connectivity index (χ1n) is 11.7. The number of hydrogen-bond acceptors (Lipinski definition) is 5. The molecule has 1 aliphatic heterocycles. The van der Waals surface area contributed by atoms with Crippen LogP contribution in [0.15, 0.2) is 61.1 Å². The number of alkyl halides is 2. The Morgan fingerprint density at radius 2 is 1.92 bits per heavy atom. The molecule has 0 fully saturated rings. The van der Waals surface area contributed by atoms with Crippen molar-refractivity contribution in [2.24, 2.45) is 7.05 Å². The fourth-order valence-electron chi connectivity index (χ4n) is 4.83. The number of aromatic nitrogens is 7. The van der Waals surface area contributed by atoms with Crippen LogP contribution in [0.2, 0.25) is 0 Å². The predicted molar refractivity (Wildman–Crippen MR) is 132 cm³/mol. The largest absolute Gasteiger partial charge is 0.342 e. The summed E-state index contributed by atoms with van der Waals surface area (Å²) in [6, 6.07) is 10.2. The Bertz CT molecular complexity index is 1630. The van der Waals surface area contributed by atoms with Crippen molar-refractivity contribution in [3.63, 3.8) is 0 Å². The van der Waals surface area contributed by atoms with E-state index in [0.29, 0.717) is 23.9 Å². The number of rotatable bonds is 5. The molecule has 4 aromatic heterocycles. The number of aryl methyl sites for hydroxylation is 2. The van der Waals surface area contributed by atoms with Crippen LogP contribution < -0.4 is 5.32 Å². The topological polar surface area (TPSA) is 78.4 Å². The van der Waals surface area contributed by atoms with Crippen LogP contribution in [0.1, 0.15) is 29.9 Å². The number of anilines is 2. The molecule has 0 unspecified atom stereocenters. The smallest absolute Gasteiger partial charge is 0.334 e. The van der Waals surface area contributed by atoms with Crippen LogP contribution in [-0.4, -0.2) is 34.1 Å². The lowest BCUT2D eigenvalue weighted by Crippen LogP contribution is -2.28. The van der Waals surface area contributed by atoms with Gasteiger partial charge in [-0.05, 0) is 49.2 Å². The lowest BCUT2D eigenvalue weighted by molar-refractivity contribution is 0.0231. The molecule has 1 N–H and O–H groups in total. The van der Waals surface area contributed by atoms with Gasteiger partial charge in [-0.1, -0.05) is 12.1 Å². The highest BCUT2D eigenvalue weighted by molar-refractivity contribution is 5.75. The fourth-order valence-corrected chi connectivity index (χ4v) is 4.83. The molecule has 37 heavy (non-hydrogen) atoms. The summed E-state index contributed by atoms with van der Waals surface area (Å²) in [5.74, 6) is -3.44. The number of nitrogens with zero attached hydrogens (tertiary/aromatic N) is 7. The van der Waals surface area contributed by atoms with E-state index in [0.717, 1.165) is 34.6 Å². The Balaban J connectivity index is 1.40. The zero-order valence-corrected chi connectivity index (χ0v) is 20.3. The Labute approximate surface area is 210 Å². The van der Waals surface area contributed by atoms with Crippen molar-refractivity contribution in [1.29, 1.82) is 0 Å². The summed E-state index contributed by atoms with van der Waals surface area (Å²) in [7, 11) is 1.83. The van der Waals surface area contributed by atoms with E-state index in [9.17, 15) is 4.39 Å². The molecule has 0 bridgehead atoms. The van der Waals surface area contributed by atoms with Gasteiger partial charge >= 0.3 is 5.92 Å². The highest BCUT2D eigenvalue weighted by Gasteiger charge is 2.44. The molecule has 0 aliphatic carbocycles. The summed E-state index contributed by atoms with van der Waals surface area (Å²) < 4.78 is 50.4. The fraction of sp³-hybridized carbons (Fsp3) is 0.231. The lowest BCUT2D eigenvalue weighted by Gasteiger charge is -2.27. The van der Waals surface area contributed by atoms with Crippen molar-refractivity contribution in [2.75, 3.05) is 5.32 Å². The van der Waals surface area contributed by atoms with Gasteiger partial charge < -0.3 is 9.88 Å². The van der Waals surface area contributed by atoms with Crippen molar-refractivity contribution >= 4 is 11.6 Å². The molecule has 5 heterocycles. The third-order valence-corrected chi connectivity index (χ3v) is 6.71. The molecule has 0 saturated carbocycles. The molecule has 188 valence electrons. The second-order valence-electron chi connectivity index (χ2n) is 9.24. The van der Waals surface area contributed by atoms with Gasteiger partial charge in [-0.25, -0.2) is 9.37 Å². The molecule has 1 aromatic carbocycles. The Hall–Kier alpha value is -4.41. The summed E-state index contributed by atoms with van der Waals surface area (Å²) in [5.41, 5.74) is 2.74. The maximum absolute atomic E-state index is 15.5. The quantitative estimate of drug-likeness (QED) is 0.345. The van der Waals surface area contributed by atoms with E-state index in [4.69, 9.17) is 0 Å². The number of halogens is 3. The SMILES string of the molecule is Cc1cnc(Nc2ccnn2C)cc1-c1cc2n(c1)C[C@H](C)n1c-2nnc1C(F)(F)c1ccccc1F. The van der Waals surface area contributed by atoms with Gasteiger partial charge in [0.2, 0.25) is 5.82 Å². The molecular formula is C26H23F3N8. The van der Waals surface area contributed by atoms with Crippen LogP contribution in [0.5, 0.6) is 0 Å². The second-order valence-corrected chi connectivity index (χ2v) is 9.24. The van der Waals surface area contributed by atoms with E-state index in [1.165, 1.54) is 16.7 Å². The number of nitrogens with one attached hydrogen (secondary N) is 1. The highest BCUT2D eigenvalue weighted by Crippen LogP contribution is 2.42. The number of fused-ring (bicyclic) bond motifs is 3. The third kappa shape index (κ3) is 3.69. The van der Waals surface area contributed by atoms with E-state index in [1.54, 1.807) is 17.1 Å². The standard InChI is InChI=1S/C26H23F3N8/c1-15-12-30-22(32-23-8-9-31-35(23)3)11-18(15)17-10-21-24-33-34-25(37(24)16(2)13-36(21)14-17)26(28,29)19-6-4-5-7-20(19)27/h4-12,14,16H,13H2,1-3H3,(H,30,32)/t16-/m0/s1. The second kappa shape index (κ2) is 8.32. The normalized spacial score (nSPS) is 14.9. The van der Waals surface area contributed by atoms with Crippen LogP contribution in [-0.2, 0) is 19.5 Å². The predicted octanol–water partition coefficient (Wildman–Crippen LogP) is 5.45. The highest BCUT2D eigenvalue weighted by atomic mass is 19.3. The van der Waals surface area contributed by atoms with Crippen molar-refractivity contribution in [3.05, 3.63) is 83.8 Å². The van der Waals surface area contributed by atoms with Crippen molar-refractivity contribution in [2.45, 2.75) is 32.4 Å². The molecule has 0 spiro atoms. The minimum absolute atomic E-state index is 0.316. The van der Waals surface area contributed by atoms with Gasteiger partial charge in [0.25, 0.3) is 0 Å². The zero-order valence-electron chi connectivity index (χ0n) is 20.3. The molecule has 1 aliphatic rings. The van der Waals surface area contributed by atoms with Crippen molar-refractivity contribution in [3.8, 4) is 22.6 Å². The van der Waals surface area contributed by atoms with Gasteiger partial charge in [0.1, 0.15) is 17.5 Å². The average molecular weight is 505 g/mol. The van der Waals surface area contributed by atoms with Crippen molar-refractivity contribution in [1.82, 2.24) is 34.1 Å². The van der Waals surface area contributed by atoms with Gasteiger partial charge in [0, 0.05) is 37.6 Å². The monoisotopic (exact) mass is 504 g/mol. The van der Waals surface area contributed by atoms with Crippen LogP contribution >= 0.6 is 0 Å². The molecule has 0 saturated heterocycles. The van der Waals surface area contributed by atoms with E-state index in [-0.39, 0.29) is 6.04 Å². The number of pyridine rings is 1. The Morgan fingerprint density at radius 3 is 2.68 bits per heavy atom. The average Bonchev–Trinajstić information content (AvgIpc) is 3.59. The van der Waals surface area contributed by atoms with Gasteiger partial charge in [-0.3, -0.25) is 9.25 Å². The lowest BCUT2D eigenvalue weighted by atomic mass is 10.0. The molecule has 0 amide bonds. The summed E-state index contributed by atoms with van der Waals surface area (Å²) in [4.78, 5) is 4.48. The Kier molecular flexibility index (Phi) is 5.18. The number of hydrogen-bond donors (Lipinski definition) is 1. The summed E-state index contributed by atoms with van der Waals surface area (Å²) >= 11 is 0. The first-order chi connectivity index (χ1) is 17.7. The van der Waals surface area contributed by atoms with E-state index < -0.39 is 23.1 Å². The van der Waals surface area contributed by atoms with Crippen molar-refractivity contribution < 1.29 is 13.2 Å². The van der Waals surface area contributed by atoms with Crippen LogP contribution in [0.3, 0.4) is 0 Å². The molecule has 1 atom stereocenters. The summed E-state index contributed by atoms with van der Waals surface area (Å²) in [5, 5.41) is 15.4. The number of benzene rings is 1. The van der Waals surface area contributed by atoms with Gasteiger partial charge in [0.05, 0.1) is 23.5 Å². The minimum atomic E-state index is -3.64. The van der Waals surface area contributed by atoms with E-state index in [2.05, 4.69) is 25.6 Å². The minimum Gasteiger partial charge on any atom is -0.342 e. The maximum atomic E-state index is 15.5. The molecule has 6 rings (SSSR count). The van der Waals surface area contributed by atoms with Crippen LogP contribution in [0, 0.1) is 12.7 Å². The molecule has 5 aromatic rings. The molecule has 0 radical (unpaired) electrons. The molecule has 8 nitrogen and oxygen atoms in total. The summed E-state index contributed by atoms with van der Waals surface area (Å²) in [6.07, 6.45) is 5.46. The Morgan fingerprint density at radius 1 is 1.11 bits per heavy atom. The molecular weight excluding hydrogens is 481 g/mol. The van der Waals surface area contributed by atoms with E-state index in [1.807, 2.05) is 49.9 Å². The summed E-state index contributed by atoms with van der Waals surface area (Å²) in [6.45, 7) is 4.22. The first-order valence-corrected chi connectivity index (χ1v) is 11.7. The van der Waals surface area contributed by atoms with Gasteiger partial charge in [-0.2, -0.15) is 13.9 Å². The maximum Gasteiger partial charge on any atom is 0.334 e. The zero-order chi connectivity index (χ0) is 25.9. The van der Waals surface area contributed by atoms with Gasteiger partial charge in [-0.15, -0.1) is 10.2 Å². The van der Waals surface area contributed by atoms with Gasteiger partial charge in [0.15, 0.2) is 5.82 Å². The first kappa shape index (κ1) is 23.0.